The first-order valence-electron chi connectivity index (χ1n) is 4.44. The van der Waals surface area contributed by atoms with Crippen LogP contribution in [0.25, 0.3) is 0 Å². The van der Waals surface area contributed by atoms with Gasteiger partial charge in [-0.1, -0.05) is 6.08 Å². The van der Waals surface area contributed by atoms with Gasteiger partial charge in [0.15, 0.2) is 0 Å². The summed E-state index contributed by atoms with van der Waals surface area (Å²) in [5, 5.41) is 3.24. The van der Waals surface area contributed by atoms with Gasteiger partial charge >= 0.3 is 0 Å². The van der Waals surface area contributed by atoms with Crippen LogP contribution in [0.3, 0.4) is 0 Å². The van der Waals surface area contributed by atoms with E-state index < -0.39 is 0 Å². The molecule has 0 aromatic heterocycles. The topological polar surface area (TPSA) is 30.5 Å². The number of nitrogens with one attached hydrogen (secondary N) is 1. The molecule has 3 heteroatoms. The lowest BCUT2D eigenvalue weighted by molar-refractivity contribution is 0.0197. The molecule has 0 aliphatic carbocycles. The third kappa shape index (κ3) is 3.85. The highest BCUT2D eigenvalue weighted by molar-refractivity contribution is 4.70. The minimum Gasteiger partial charge on any atom is -0.375 e. The molecule has 0 saturated carbocycles. The molecule has 1 atom stereocenters. The van der Waals surface area contributed by atoms with Crippen molar-refractivity contribution < 1.29 is 9.47 Å². The van der Waals surface area contributed by atoms with Gasteiger partial charge in [-0.3, -0.25) is 0 Å². The van der Waals surface area contributed by atoms with Crippen LogP contribution < -0.4 is 5.32 Å². The first-order valence-corrected chi connectivity index (χ1v) is 4.44. The van der Waals surface area contributed by atoms with E-state index in [-0.39, 0.29) is 0 Å². The fourth-order valence-electron chi connectivity index (χ4n) is 1.21. The van der Waals surface area contributed by atoms with Crippen LogP contribution in [-0.4, -0.2) is 39.0 Å². The molecule has 0 amide bonds. The predicted molar refractivity (Wildman–Crippen MR) is 48.2 cm³/mol. The zero-order valence-electron chi connectivity index (χ0n) is 7.42. The monoisotopic (exact) mass is 171 g/mol. The summed E-state index contributed by atoms with van der Waals surface area (Å²) in [6, 6.07) is 0. The lowest BCUT2D eigenvalue weighted by Gasteiger charge is -2.09. The van der Waals surface area contributed by atoms with E-state index in [4.69, 9.17) is 9.47 Å². The summed E-state index contributed by atoms with van der Waals surface area (Å²) >= 11 is 0. The van der Waals surface area contributed by atoms with Crippen molar-refractivity contribution in [3.63, 3.8) is 0 Å². The average molecular weight is 171 g/mol. The van der Waals surface area contributed by atoms with Gasteiger partial charge in [-0.2, -0.15) is 0 Å². The predicted octanol–water partition coefficient (Wildman–Crippen LogP) is 0.567. The van der Waals surface area contributed by atoms with Gasteiger partial charge in [-0.05, 0) is 13.0 Å². The minimum absolute atomic E-state index is 0.400. The lowest BCUT2D eigenvalue weighted by Crippen LogP contribution is -2.19. The Morgan fingerprint density at radius 3 is 3.08 bits per heavy atom. The second-order valence-electron chi connectivity index (χ2n) is 2.85. The fraction of sp³-hybridized carbons (Fsp3) is 0.778. The maximum atomic E-state index is 5.53. The zero-order valence-corrected chi connectivity index (χ0v) is 7.42. The molecule has 70 valence electrons. The van der Waals surface area contributed by atoms with Crippen molar-refractivity contribution in [2.24, 2.45) is 0 Å². The summed E-state index contributed by atoms with van der Waals surface area (Å²) in [4.78, 5) is 0. The Kier molecular flexibility index (Phi) is 4.99. The first-order chi connectivity index (χ1) is 5.93. The Labute approximate surface area is 73.7 Å². The summed E-state index contributed by atoms with van der Waals surface area (Å²) in [5.41, 5.74) is 0. The van der Waals surface area contributed by atoms with E-state index >= 15 is 0 Å². The van der Waals surface area contributed by atoms with Gasteiger partial charge in [0.1, 0.15) is 0 Å². The Morgan fingerprint density at radius 1 is 1.50 bits per heavy atom. The second-order valence-corrected chi connectivity index (χ2v) is 2.85. The van der Waals surface area contributed by atoms with Crippen LogP contribution in [-0.2, 0) is 9.47 Å². The Morgan fingerprint density at radius 2 is 2.42 bits per heavy atom. The highest BCUT2D eigenvalue weighted by atomic mass is 16.5. The molecule has 1 rings (SSSR count). The molecule has 1 saturated heterocycles. The van der Waals surface area contributed by atoms with Crippen LogP contribution in [0.15, 0.2) is 12.7 Å². The van der Waals surface area contributed by atoms with Gasteiger partial charge in [0.2, 0.25) is 0 Å². The quantitative estimate of drug-likeness (QED) is 0.468. The van der Waals surface area contributed by atoms with Crippen LogP contribution in [0.5, 0.6) is 0 Å². The van der Waals surface area contributed by atoms with Crippen molar-refractivity contribution in [3.8, 4) is 0 Å². The molecular weight excluding hydrogens is 154 g/mol. The molecule has 12 heavy (non-hydrogen) atoms. The first kappa shape index (κ1) is 9.71. The van der Waals surface area contributed by atoms with Gasteiger partial charge in [-0.25, -0.2) is 0 Å². The van der Waals surface area contributed by atoms with Crippen molar-refractivity contribution >= 4 is 0 Å². The van der Waals surface area contributed by atoms with Gasteiger partial charge in [0.25, 0.3) is 0 Å². The normalized spacial score (nSPS) is 22.8. The van der Waals surface area contributed by atoms with Crippen LogP contribution in [0.4, 0.5) is 0 Å². The Hall–Kier alpha value is -0.380. The van der Waals surface area contributed by atoms with E-state index in [2.05, 4.69) is 11.9 Å². The third-order valence-electron chi connectivity index (χ3n) is 1.83. The molecule has 1 aliphatic heterocycles. The molecule has 0 radical (unpaired) electrons. The molecule has 0 aromatic carbocycles. The van der Waals surface area contributed by atoms with Gasteiger partial charge < -0.3 is 14.8 Å². The van der Waals surface area contributed by atoms with Gasteiger partial charge in [0, 0.05) is 6.54 Å². The van der Waals surface area contributed by atoms with E-state index in [1.807, 2.05) is 0 Å². The van der Waals surface area contributed by atoms with E-state index in [0.717, 1.165) is 19.5 Å². The minimum atomic E-state index is 0.400. The summed E-state index contributed by atoms with van der Waals surface area (Å²) in [6.07, 6.45) is 3.27. The maximum absolute atomic E-state index is 5.53. The molecule has 0 spiro atoms. The molecule has 0 bridgehead atoms. The lowest BCUT2D eigenvalue weighted by atomic mass is 10.3. The van der Waals surface area contributed by atoms with Crippen molar-refractivity contribution in [2.45, 2.75) is 12.5 Å². The summed E-state index contributed by atoms with van der Waals surface area (Å²) in [7, 11) is 0. The third-order valence-corrected chi connectivity index (χ3v) is 1.83. The fourth-order valence-corrected chi connectivity index (χ4v) is 1.21. The summed E-state index contributed by atoms with van der Waals surface area (Å²) in [6.45, 7) is 7.61. The smallest absolute Gasteiger partial charge is 0.0712 e. The SMILES string of the molecule is C=CCOCCO[C@@H]1CCNC1. The van der Waals surface area contributed by atoms with Crippen molar-refractivity contribution in [3.05, 3.63) is 12.7 Å². The Balaban J connectivity index is 1.84. The van der Waals surface area contributed by atoms with Gasteiger partial charge in [0.05, 0.1) is 25.9 Å². The standard InChI is InChI=1S/C9H17NO2/c1-2-5-11-6-7-12-9-3-4-10-8-9/h2,9-10H,1,3-8H2/t9-/m1/s1. The van der Waals surface area contributed by atoms with Crippen LogP contribution in [0, 0.1) is 0 Å². The van der Waals surface area contributed by atoms with Gasteiger partial charge in [-0.15, -0.1) is 6.58 Å². The Bertz CT molecular complexity index is 122. The maximum Gasteiger partial charge on any atom is 0.0712 e. The summed E-state index contributed by atoms with van der Waals surface area (Å²) < 4.78 is 10.7. The molecule has 3 nitrogen and oxygen atoms in total. The number of ether oxygens (including phenoxy) is 2. The average Bonchev–Trinajstić information content (AvgIpc) is 2.57. The zero-order chi connectivity index (χ0) is 8.65. The number of hydrogen-bond donors (Lipinski definition) is 1. The largest absolute Gasteiger partial charge is 0.375 e. The highest BCUT2D eigenvalue weighted by Gasteiger charge is 2.13. The van der Waals surface area contributed by atoms with Crippen LogP contribution in [0.1, 0.15) is 6.42 Å². The molecule has 0 aromatic rings. The van der Waals surface area contributed by atoms with E-state index in [1.165, 1.54) is 0 Å². The molecule has 1 aliphatic rings. The van der Waals surface area contributed by atoms with Crippen molar-refractivity contribution in [2.75, 3.05) is 32.9 Å². The molecular formula is C9H17NO2. The van der Waals surface area contributed by atoms with Crippen LogP contribution in [0.2, 0.25) is 0 Å². The molecule has 1 heterocycles. The van der Waals surface area contributed by atoms with Crippen molar-refractivity contribution in [1.29, 1.82) is 0 Å². The van der Waals surface area contributed by atoms with E-state index in [1.54, 1.807) is 6.08 Å². The number of hydrogen-bond acceptors (Lipinski definition) is 3. The molecule has 0 unspecified atom stereocenters. The van der Waals surface area contributed by atoms with E-state index in [9.17, 15) is 0 Å². The molecule has 1 N–H and O–H groups in total. The second kappa shape index (κ2) is 6.17. The number of rotatable bonds is 6. The summed E-state index contributed by atoms with van der Waals surface area (Å²) in [5.74, 6) is 0. The van der Waals surface area contributed by atoms with Crippen LogP contribution >= 0.6 is 0 Å². The highest BCUT2D eigenvalue weighted by Crippen LogP contribution is 2.01. The molecule has 1 fully saturated rings. The van der Waals surface area contributed by atoms with Crippen molar-refractivity contribution in [1.82, 2.24) is 5.32 Å². The van der Waals surface area contributed by atoms with E-state index in [0.29, 0.717) is 25.9 Å².